The molecule has 1 rings (SSSR count). The van der Waals surface area contributed by atoms with Crippen molar-refractivity contribution < 1.29 is 9.84 Å². The monoisotopic (exact) mass is 159 g/mol. The van der Waals surface area contributed by atoms with Gasteiger partial charge in [-0.15, -0.1) is 0 Å². The first kappa shape index (κ1) is 8.97. The third kappa shape index (κ3) is 2.77. The van der Waals surface area contributed by atoms with Crippen LogP contribution in [0.2, 0.25) is 0 Å². The minimum atomic E-state index is -0.250. The Balaban J connectivity index is 2.21. The second-order valence-corrected chi connectivity index (χ2v) is 3.12. The average Bonchev–Trinajstić information content (AvgIpc) is 2.07. The topological polar surface area (TPSA) is 55.5 Å². The summed E-state index contributed by atoms with van der Waals surface area (Å²) in [6, 6.07) is 0. The smallest absolute Gasteiger partial charge is 0.0602 e. The van der Waals surface area contributed by atoms with Crippen molar-refractivity contribution in [2.75, 3.05) is 19.8 Å². The van der Waals surface area contributed by atoms with Crippen molar-refractivity contribution in [2.24, 2.45) is 11.7 Å². The molecular weight excluding hydrogens is 142 g/mol. The van der Waals surface area contributed by atoms with Gasteiger partial charge in [-0.2, -0.15) is 0 Å². The molecule has 1 heterocycles. The Hall–Kier alpha value is -0.120. The molecule has 1 fully saturated rings. The number of rotatable bonds is 3. The summed E-state index contributed by atoms with van der Waals surface area (Å²) in [7, 11) is 0. The van der Waals surface area contributed by atoms with Gasteiger partial charge in [-0.05, 0) is 25.8 Å². The third-order valence-corrected chi connectivity index (χ3v) is 2.20. The second kappa shape index (κ2) is 4.70. The molecule has 3 nitrogen and oxygen atoms in total. The van der Waals surface area contributed by atoms with Crippen LogP contribution in [0.25, 0.3) is 0 Å². The second-order valence-electron chi connectivity index (χ2n) is 3.12. The van der Waals surface area contributed by atoms with E-state index in [1.165, 1.54) is 0 Å². The van der Waals surface area contributed by atoms with Gasteiger partial charge in [-0.25, -0.2) is 0 Å². The standard InChI is InChI=1S/C8H17NO2/c9-4-3-8(10)7-2-1-5-11-6-7/h7-8,10H,1-6,9H2/t7?,8-/m1/s1. The Kier molecular flexibility index (Phi) is 3.83. The van der Waals surface area contributed by atoms with Crippen LogP contribution in [0.1, 0.15) is 19.3 Å². The largest absolute Gasteiger partial charge is 0.393 e. The van der Waals surface area contributed by atoms with Gasteiger partial charge in [0.15, 0.2) is 0 Å². The van der Waals surface area contributed by atoms with E-state index in [1.54, 1.807) is 0 Å². The van der Waals surface area contributed by atoms with Crippen LogP contribution in [0, 0.1) is 5.92 Å². The van der Waals surface area contributed by atoms with Crippen molar-refractivity contribution in [3.05, 3.63) is 0 Å². The molecule has 2 atom stereocenters. The molecule has 1 aliphatic heterocycles. The predicted molar refractivity (Wildman–Crippen MR) is 43.2 cm³/mol. The Labute approximate surface area is 67.5 Å². The fraction of sp³-hybridized carbons (Fsp3) is 1.00. The summed E-state index contributed by atoms with van der Waals surface area (Å²) in [6.45, 7) is 2.13. The quantitative estimate of drug-likeness (QED) is 0.615. The lowest BCUT2D eigenvalue weighted by Crippen LogP contribution is -2.30. The van der Waals surface area contributed by atoms with Gasteiger partial charge in [0, 0.05) is 12.5 Å². The maximum absolute atomic E-state index is 9.51. The number of hydrogen-bond acceptors (Lipinski definition) is 3. The Morgan fingerprint density at radius 3 is 3.00 bits per heavy atom. The van der Waals surface area contributed by atoms with E-state index in [0.717, 1.165) is 19.4 Å². The molecule has 3 heteroatoms. The number of nitrogens with two attached hydrogens (primary N) is 1. The van der Waals surface area contributed by atoms with Crippen LogP contribution in [0.4, 0.5) is 0 Å². The maximum Gasteiger partial charge on any atom is 0.0602 e. The van der Waals surface area contributed by atoms with Crippen molar-refractivity contribution in [3.63, 3.8) is 0 Å². The normalized spacial score (nSPS) is 28.4. The lowest BCUT2D eigenvalue weighted by molar-refractivity contribution is -0.0108. The number of ether oxygens (including phenoxy) is 1. The molecule has 1 unspecified atom stereocenters. The van der Waals surface area contributed by atoms with E-state index in [2.05, 4.69) is 0 Å². The van der Waals surface area contributed by atoms with Gasteiger partial charge in [0.1, 0.15) is 0 Å². The Bertz CT molecular complexity index is 102. The maximum atomic E-state index is 9.51. The van der Waals surface area contributed by atoms with Gasteiger partial charge in [-0.3, -0.25) is 0 Å². The molecule has 0 radical (unpaired) electrons. The highest BCUT2D eigenvalue weighted by Crippen LogP contribution is 2.18. The zero-order chi connectivity index (χ0) is 8.10. The fourth-order valence-electron chi connectivity index (χ4n) is 1.48. The van der Waals surface area contributed by atoms with Crippen molar-refractivity contribution in [3.8, 4) is 0 Å². The van der Waals surface area contributed by atoms with E-state index in [0.29, 0.717) is 25.5 Å². The van der Waals surface area contributed by atoms with Gasteiger partial charge < -0.3 is 15.6 Å². The SMILES string of the molecule is NCC[C@@H](O)C1CCCOC1. The van der Waals surface area contributed by atoms with Crippen molar-refractivity contribution in [1.82, 2.24) is 0 Å². The molecule has 0 aromatic carbocycles. The molecule has 0 aliphatic carbocycles. The van der Waals surface area contributed by atoms with Crippen LogP contribution in [0.15, 0.2) is 0 Å². The van der Waals surface area contributed by atoms with Crippen LogP contribution in [0.5, 0.6) is 0 Å². The lowest BCUT2D eigenvalue weighted by Gasteiger charge is -2.26. The van der Waals surface area contributed by atoms with Crippen molar-refractivity contribution >= 4 is 0 Å². The Morgan fingerprint density at radius 2 is 2.45 bits per heavy atom. The first-order chi connectivity index (χ1) is 5.34. The fourth-order valence-corrected chi connectivity index (χ4v) is 1.48. The molecule has 0 saturated carbocycles. The predicted octanol–water partition coefficient (Wildman–Crippen LogP) is 0.123. The number of aliphatic hydroxyl groups is 1. The van der Waals surface area contributed by atoms with E-state index in [9.17, 15) is 5.11 Å². The zero-order valence-electron chi connectivity index (χ0n) is 6.83. The molecule has 0 bridgehead atoms. The molecule has 0 aromatic heterocycles. The van der Waals surface area contributed by atoms with E-state index in [4.69, 9.17) is 10.5 Å². The summed E-state index contributed by atoms with van der Waals surface area (Å²) in [5, 5.41) is 9.51. The van der Waals surface area contributed by atoms with Crippen LogP contribution >= 0.6 is 0 Å². The molecule has 3 N–H and O–H groups in total. The molecule has 0 spiro atoms. The van der Waals surface area contributed by atoms with Crippen molar-refractivity contribution in [2.45, 2.75) is 25.4 Å². The molecule has 0 amide bonds. The average molecular weight is 159 g/mol. The van der Waals surface area contributed by atoms with E-state index in [-0.39, 0.29) is 6.10 Å². The summed E-state index contributed by atoms with van der Waals surface area (Å²) in [5.41, 5.74) is 5.34. The first-order valence-corrected chi connectivity index (χ1v) is 4.30. The Morgan fingerprint density at radius 1 is 1.64 bits per heavy atom. The minimum Gasteiger partial charge on any atom is -0.393 e. The summed E-state index contributed by atoms with van der Waals surface area (Å²) in [6.07, 6.45) is 2.61. The summed E-state index contributed by atoms with van der Waals surface area (Å²) >= 11 is 0. The van der Waals surface area contributed by atoms with Gasteiger partial charge in [-0.1, -0.05) is 0 Å². The zero-order valence-corrected chi connectivity index (χ0v) is 6.83. The van der Waals surface area contributed by atoms with Gasteiger partial charge in [0.05, 0.1) is 12.7 Å². The van der Waals surface area contributed by atoms with Crippen molar-refractivity contribution in [1.29, 1.82) is 0 Å². The first-order valence-electron chi connectivity index (χ1n) is 4.30. The van der Waals surface area contributed by atoms with Gasteiger partial charge >= 0.3 is 0 Å². The molecule has 11 heavy (non-hydrogen) atoms. The molecule has 1 saturated heterocycles. The van der Waals surface area contributed by atoms with Crippen LogP contribution < -0.4 is 5.73 Å². The highest BCUT2D eigenvalue weighted by Gasteiger charge is 2.21. The summed E-state index contributed by atoms with van der Waals surface area (Å²) in [5.74, 6) is 0.326. The highest BCUT2D eigenvalue weighted by molar-refractivity contribution is 4.71. The molecule has 66 valence electrons. The van der Waals surface area contributed by atoms with Gasteiger partial charge in [0.25, 0.3) is 0 Å². The third-order valence-electron chi connectivity index (χ3n) is 2.20. The molecular formula is C8H17NO2. The summed E-state index contributed by atoms with van der Waals surface area (Å²) in [4.78, 5) is 0. The molecule has 0 aromatic rings. The van der Waals surface area contributed by atoms with E-state index < -0.39 is 0 Å². The number of hydrogen-bond donors (Lipinski definition) is 2. The number of aliphatic hydroxyl groups excluding tert-OH is 1. The highest BCUT2D eigenvalue weighted by atomic mass is 16.5. The summed E-state index contributed by atoms with van der Waals surface area (Å²) < 4.78 is 5.25. The van der Waals surface area contributed by atoms with E-state index in [1.807, 2.05) is 0 Å². The van der Waals surface area contributed by atoms with Crippen LogP contribution in [-0.2, 0) is 4.74 Å². The van der Waals surface area contributed by atoms with Gasteiger partial charge in [0.2, 0.25) is 0 Å². The molecule has 1 aliphatic rings. The van der Waals surface area contributed by atoms with Crippen LogP contribution in [-0.4, -0.2) is 31.0 Å². The minimum absolute atomic E-state index is 0.250. The lowest BCUT2D eigenvalue weighted by atomic mass is 9.94. The van der Waals surface area contributed by atoms with E-state index >= 15 is 0 Å². The van der Waals surface area contributed by atoms with Crippen LogP contribution in [0.3, 0.4) is 0 Å².